The van der Waals surface area contributed by atoms with Crippen LogP contribution >= 0.6 is 0 Å². The second-order valence-corrected chi connectivity index (χ2v) is 8.34. The van der Waals surface area contributed by atoms with Gasteiger partial charge in [-0.1, -0.05) is 0 Å². The van der Waals surface area contributed by atoms with Crippen LogP contribution < -0.4 is 10.6 Å². The Morgan fingerprint density at radius 1 is 1.30 bits per heavy atom. The van der Waals surface area contributed by atoms with E-state index < -0.39 is 0 Å². The summed E-state index contributed by atoms with van der Waals surface area (Å²) in [7, 11) is 2.01. The van der Waals surface area contributed by atoms with Crippen LogP contribution in [0.3, 0.4) is 0 Å². The average Bonchev–Trinajstić information content (AvgIpc) is 2.86. The van der Waals surface area contributed by atoms with Gasteiger partial charge >= 0.3 is 0 Å². The Morgan fingerprint density at radius 3 is 2.63 bits per heavy atom. The first kappa shape index (κ1) is 21.7. The molecule has 0 bridgehead atoms. The van der Waals surface area contributed by atoms with Crippen molar-refractivity contribution in [1.29, 1.82) is 0 Å². The number of hydrogen-bond donors (Lipinski definition) is 2. The van der Waals surface area contributed by atoms with Gasteiger partial charge in [-0.2, -0.15) is 5.10 Å². The van der Waals surface area contributed by atoms with E-state index in [0.717, 1.165) is 31.2 Å². The van der Waals surface area contributed by atoms with Gasteiger partial charge in [-0.05, 0) is 78.8 Å². The summed E-state index contributed by atoms with van der Waals surface area (Å²) in [5.41, 5.74) is 3.72. The van der Waals surface area contributed by atoms with Gasteiger partial charge in [-0.25, -0.2) is 0 Å². The molecule has 0 amide bonds. The molecule has 1 aromatic heterocycles. The molecule has 1 fully saturated rings. The highest BCUT2D eigenvalue weighted by Crippen LogP contribution is 2.18. The van der Waals surface area contributed by atoms with E-state index >= 15 is 0 Å². The van der Waals surface area contributed by atoms with Crippen LogP contribution in [0.5, 0.6) is 0 Å². The second kappa shape index (κ2) is 10.1. The molecule has 1 saturated heterocycles. The van der Waals surface area contributed by atoms with Gasteiger partial charge in [0, 0.05) is 44.5 Å². The van der Waals surface area contributed by atoms with Crippen LogP contribution in [0, 0.1) is 19.8 Å². The lowest BCUT2D eigenvalue weighted by atomic mass is 9.97. The molecule has 0 spiro atoms. The Balaban J connectivity index is 1.94. The molecule has 6 heteroatoms. The van der Waals surface area contributed by atoms with E-state index in [4.69, 9.17) is 4.99 Å². The first-order valence-corrected chi connectivity index (χ1v) is 10.6. The Kier molecular flexibility index (Phi) is 8.14. The van der Waals surface area contributed by atoms with Crippen molar-refractivity contribution in [2.24, 2.45) is 18.0 Å². The van der Waals surface area contributed by atoms with E-state index in [1.165, 1.54) is 37.2 Å². The minimum atomic E-state index is 0.308. The Bertz CT molecular complexity index is 618. The second-order valence-electron chi connectivity index (χ2n) is 8.34. The number of rotatable bonds is 7. The zero-order chi connectivity index (χ0) is 20.0. The third-order valence-corrected chi connectivity index (χ3v) is 5.68. The van der Waals surface area contributed by atoms with Crippen molar-refractivity contribution in [3.8, 4) is 0 Å². The highest BCUT2D eigenvalue weighted by molar-refractivity contribution is 5.80. The van der Waals surface area contributed by atoms with Crippen molar-refractivity contribution >= 4 is 5.96 Å². The first-order chi connectivity index (χ1) is 12.8. The third kappa shape index (κ3) is 6.23. The van der Waals surface area contributed by atoms with Gasteiger partial charge in [0.25, 0.3) is 0 Å². The number of aromatic nitrogens is 2. The van der Waals surface area contributed by atoms with Crippen LogP contribution in [0.25, 0.3) is 0 Å². The van der Waals surface area contributed by atoms with Crippen molar-refractivity contribution in [2.75, 3.05) is 26.2 Å². The Hall–Kier alpha value is -1.56. The van der Waals surface area contributed by atoms with Gasteiger partial charge < -0.3 is 15.5 Å². The SMILES string of the molecule is CCNC(=NCC1CCCN(C(C)C)C1)NC(C)Cc1c(C)nn(C)c1C. The van der Waals surface area contributed by atoms with Crippen LogP contribution in [0.1, 0.15) is 57.5 Å². The van der Waals surface area contributed by atoms with E-state index in [1.54, 1.807) is 0 Å². The van der Waals surface area contributed by atoms with Gasteiger partial charge in [0.15, 0.2) is 5.96 Å². The summed E-state index contributed by atoms with van der Waals surface area (Å²) in [5, 5.41) is 11.5. The maximum absolute atomic E-state index is 4.91. The van der Waals surface area contributed by atoms with Crippen molar-refractivity contribution in [3.63, 3.8) is 0 Å². The molecule has 0 saturated carbocycles. The highest BCUT2D eigenvalue weighted by Gasteiger charge is 2.21. The molecule has 0 radical (unpaired) electrons. The summed E-state index contributed by atoms with van der Waals surface area (Å²) in [6.45, 7) is 17.4. The van der Waals surface area contributed by atoms with Crippen LogP contribution in [0.4, 0.5) is 0 Å². The minimum Gasteiger partial charge on any atom is -0.357 e. The molecule has 1 aliphatic heterocycles. The van der Waals surface area contributed by atoms with E-state index in [0.29, 0.717) is 18.0 Å². The van der Waals surface area contributed by atoms with Gasteiger partial charge in [0.05, 0.1) is 5.69 Å². The van der Waals surface area contributed by atoms with E-state index in [9.17, 15) is 0 Å². The summed E-state index contributed by atoms with van der Waals surface area (Å²) in [5.74, 6) is 1.60. The molecule has 6 nitrogen and oxygen atoms in total. The smallest absolute Gasteiger partial charge is 0.191 e. The molecule has 154 valence electrons. The molecular formula is C21H40N6. The zero-order valence-electron chi connectivity index (χ0n) is 18.5. The fourth-order valence-corrected chi connectivity index (χ4v) is 3.96. The molecule has 2 heterocycles. The molecule has 2 N–H and O–H groups in total. The van der Waals surface area contributed by atoms with Gasteiger partial charge in [0.2, 0.25) is 0 Å². The normalized spacial score (nSPS) is 20.1. The third-order valence-electron chi connectivity index (χ3n) is 5.68. The number of aliphatic imine (C=N–C) groups is 1. The number of nitrogens with one attached hydrogen (secondary N) is 2. The topological polar surface area (TPSA) is 57.5 Å². The van der Waals surface area contributed by atoms with Crippen molar-refractivity contribution < 1.29 is 0 Å². The predicted molar refractivity (Wildman–Crippen MR) is 114 cm³/mol. The molecule has 0 aromatic carbocycles. The lowest BCUT2D eigenvalue weighted by molar-refractivity contribution is 0.143. The van der Waals surface area contributed by atoms with Crippen molar-refractivity contribution in [2.45, 2.75) is 72.9 Å². The number of piperidine rings is 1. The lowest BCUT2D eigenvalue weighted by Crippen LogP contribution is -2.44. The molecule has 27 heavy (non-hydrogen) atoms. The lowest BCUT2D eigenvalue weighted by Gasteiger charge is -2.35. The van der Waals surface area contributed by atoms with Gasteiger partial charge in [-0.3, -0.25) is 9.67 Å². The molecule has 2 rings (SSSR count). The van der Waals surface area contributed by atoms with E-state index in [1.807, 2.05) is 11.7 Å². The number of nitrogens with zero attached hydrogens (tertiary/aromatic N) is 4. The Labute approximate surface area is 165 Å². The molecular weight excluding hydrogens is 336 g/mol. The average molecular weight is 377 g/mol. The van der Waals surface area contributed by atoms with Gasteiger partial charge in [0.1, 0.15) is 0 Å². The molecule has 2 unspecified atom stereocenters. The fourth-order valence-electron chi connectivity index (χ4n) is 3.96. The number of guanidine groups is 1. The summed E-state index contributed by atoms with van der Waals surface area (Å²) in [6.07, 6.45) is 3.54. The summed E-state index contributed by atoms with van der Waals surface area (Å²) >= 11 is 0. The molecule has 1 aromatic rings. The van der Waals surface area contributed by atoms with Crippen LogP contribution in [0.2, 0.25) is 0 Å². The maximum Gasteiger partial charge on any atom is 0.191 e. The molecule has 0 aliphatic carbocycles. The van der Waals surface area contributed by atoms with Crippen LogP contribution in [-0.4, -0.2) is 58.9 Å². The first-order valence-electron chi connectivity index (χ1n) is 10.6. The predicted octanol–water partition coefficient (Wildman–Crippen LogP) is 2.64. The summed E-state index contributed by atoms with van der Waals surface area (Å²) < 4.78 is 1.97. The molecule has 1 aliphatic rings. The number of likely N-dealkylation sites (tertiary alicyclic amines) is 1. The summed E-state index contributed by atoms with van der Waals surface area (Å²) in [4.78, 5) is 7.49. The zero-order valence-corrected chi connectivity index (χ0v) is 18.5. The van der Waals surface area contributed by atoms with E-state index in [2.05, 4.69) is 62.2 Å². The maximum atomic E-state index is 4.91. The standard InChI is InChI=1S/C21H40N6/c1-8-22-21(23-13-19-10-9-11-27(14-19)15(2)3)24-16(4)12-20-17(5)25-26(7)18(20)6/h15-16,19H,8-14H2,1-7H3,(H2,22,23,24). The Morgan fingerprint density at radius 2 is 2.04 bits per heavy atom. The van der Waals surface area contributed by atoms with Crippen LogP contribution in [-0.2, 0) is 13.5 Å². The monoisotopic (exact) mass is 376 g/mol. The van der Waals surface area contributed by atoms with Gasteiger partial charge in [-0.15, -0.1) is 0 Å². The number of hydrogen-bond acceptors (Lipinski definition) is 3. The van der Waals surface area contributed by atoms with Crippen molar-refractivity contribution in [3.05, 3.63) is 17.0 Å². The van der Waals surface area contributed by atoms with Crippen LogP contribution in [0.15, 0.2) is 4.99 Å². The highest BCUT2D eigenvalue weighted by atomic mass is 15.3. The number of aryl methyl sites for hydroxylation is 2. The fraction of sp³-hybridized carbons (Fsp3) is 0.810. The molecule has 2 atom stereocenters. The van der Waals surface area contributed by atoms with E-state index in [-0.39, 0.29) is 0 Å². The minimum absolute atomic E-state index is 0.308. The van der Waals surface area contributed by atoms with Crippen molar-refractivity contribution in [1.82, 2.24) is 25.3 Å². The quantitative estimate of drug-likeness (QED) is 0.567. The summed E-state index contributed by atoms with van der Waals surface area (Å²) in [6, 6.07) is 0.942. The largest absolute Gasteiger partial charge is 0.357 e.